The Labute approximate surface area is 70.6 Å². The normalized spacial score (nSPS) is 10.0. The van der Waals surface area contributed by atoms with Crippen molar-refractivity contribution in [3.05, 3.63) is 35.9 Å². The lowest BCUT2D eigenvalue weighted by atomic mass is 10.2. The maximum absolute atomic E-state index is 5.10. The minimum Gasteiger partial charge on any atom is -0.365 e. The number of hydrogen-bond acceptors (Lipinski definition) is 1. The third-order valence-corrected chi connectivity index (χ3v) is 1.22. The van der Waals surface area contributed by atoms with Crippen molar-refractivity contribution in [2.75, 3.05) is 0 Å². The maximum Gasteiger partial charge on any atom is 0.256 e. The molecule has 4 nitrogen and oxygen atoms in total. The molecule has 0 amide bonds. The van der Waals surface area contributed by atoms with E-state index < -0.39 is 0 Å². The molecule has 0 radical (unpaired) electrons. The Hall–Kier alpha value is -1.84. The summed E-state index contributed by atoms with van der Waals surface area (Å²) < 4.78 is 0. The van der Waals surface area contributed by atoms with Crippen LogP contribution in [0.15, 0.2) is 35.4 Å². The molecule has 0 fully saturated rings. The summed E-state index contributed by atoms with van der Waals surface area (Å²) in [4.78, 5) is 0. The first-order chi connectivity index (χ1) is 5.79. The summed E-state index contributed by atoms with van der Waals surface area (Å²) in [6.45, 7) is 0. The van der Waals surface area contributed by atoms with Gasteiger partial charge in [0.25, 0.3) is 5.96 Å². The molecule has 5 N–H and O–H groups in total. The van der Waals surface area contributed by atoms with E-state index in [2.05, 4.69) is 10.2 Å². The summed E-state index contributed by atoms with van der Waals surface area (Å²) >= 11 is 0. The average Bonchev–Trinajstić information content (AvgIpc) is 2.05. The summed E-state index contributed by atoms with van der Waals surface area (Å²) in [5, 5.41) is 6.20. The molecule has 0 aliphatic carbocycles. The van der Waals surface area contributed by atoms with Gasteiger partial charge in [0.2, 0.25) is 6.21 Å². The highest BCUT2D eigenvalue weighted by atomic mass is 15.3. The highest BCUT2D eigenvalue weighted by molar-refractivity contribution is 5.76. The largest absolute Gasteiger partial charge is 0.365 e. The highest BCUT2D eigenvalue weighted by Crippen LogP contribution is 1.90. The molecule has 0 heterocycles. The van der Waals surface area contributed by atoms with E-state index in [1.165, 1.54) is 0 Å². The van der Waals surface area contributed by atoms with Crippen LogP contribution in [-0.4, -0.2) is 12.2 Å². The molecule has 0 bridgehead atoms. The first kappa shape index (κ1) is 8.26. The third kappa shape index (κ3) is 2.83. The summed E-state index contributed by atoms with van der Waals surface area (Å²) in [6, 6.07) is 9.69. The molecule has 0 unspecified atom stereocenters. The summed E-state index contributed by atoms with van der Waals surface area (Å²) in [5.41, 5.74) is 11.2. The van der Waals surface area contributed by atoms with Crippen LogP contribution in [0.25, 0.3) is 0 Å². The Balaban J connectivity index is 2.64. The SMILES string of the molecule is NC(N)=N/[NH+]=C/c1ccccc1. The number of benzene rings is 1. The lowest BCUT2D eigenvalue weighted by Gasteiger charge is -1.83. The number of hydrazone groups is 1. The van der Waals surface area contributed by atoms with Gasteiger partial charge < -0.3 is 11.5 Å². The fraction of sp³-hybridized carbons (Fsp3) is 0. The molecule has 1 rings (SSSR count). The Morgan fingerprint density at radius 1 is 1.25 bits per heavy atom. The minimum atomic E-state index is 0.0159. The number of nitrogens with one attached hydrogen (secondary N) is 1. The summed E-state index contributed by atoms with van der Waals surface area (Å²) in [7, 11) is 0. The van der Waals surface area contributed by atoms with Crippen LogP contribution in [0.1, 0.15) is 5.56 Å². The van der Waals surface area contributed by atoms with E-state index in [0.29, 0.717) is 0 Å². The van der Waals surface area contributed by atoms with Crippen molar-refractivity contribution in [3.8, 4) is 0 Å². The third-order valence-electron chi connectivity index (χ3n) is 1.22. The Kier molecular flexibility index (Phi) is 2.84. The van der Waals surface area contributed by atoms with Crippen molar-refractivity contribution in [1.29, 1.82) is 0 Å². The molecule has 0 saturated heterocycles. The highest BCUT2D eigenvalue weighted by Gasteiger charge is 1.87. The maximum atomic E-state index is 5.10. The van der Waals surface area contributed by atoms with E-state index in [1.54, 1.807) is 6.21 Å². The smallest absolute Gasteiger partial charge is 0.256 e. The summed E-state index contributed by atoms with van der Waals surface area (Å²) in [6.07, 6.45) is 1.71. The zero-order chi connectivity index (χ0) is 8.81. The van der Waals surface area contributed by atoms with E-state index in [-0.39, 0.29) is 5.96 Å². The fourth-order valence-corrected chi connectivity index (χ4v) is 0.731. The number of nitrogens with zero attached hydrogens (tertiary/aromatic N) is 1. The molecule has 62 valence electrons. The van der Waals surface area contributed by atoms with E-state index in [0.717, 1.165) is 5.56 Å². The minimum absolute atomic E-state index is 0.0159. The fourth-order valence-electron chi connectivity index (χ4n) is 0.731. The number of nitrogens with two attached hydrogens (primary N) is 2. The Morgan fingerprint density at radius 2 is 1.92 bits per heavy atom. The van der Waals surface area contributed by atoms with Crippen LogP contribution >= 0.6 is 0 Å². The molecule has 1 aromatic carbocycles. The molecule has 0 atom stereocenters. The van der Waals surface area contributed by atoms with Gasteiger partial charge in [-0.2, -0.15) is 0 Å². The van der Waals surface area contributed by atoms with Gasteiger partial charge in [-0.05, 0) is 12.1 Å². The number of hydrogen-bond donors (Lipinski definition) is 3. The quantitative estimate of drug-likeness (QED) is 0.278. The molecule has 0 aliphatic heterocycles. The van der Waals surface area contributed by atoms with Crippen molar-refractivity contribution < 1.29 is 5.10 Å². The van der Waals surface area contributed by atoms with Gasteiger partial charge in [-0.1, -0.05) is 18.2 Å². The first-order valence-corrected chi connectivity index (χ1v) is 3.51. The van der Waals surface area contributed by atoms with E-state index in [9.17, 15) is 0 Å². The molecule has 0 saturated carbocycles. The Morgan fingerprint density at radius 3 is 2.50 bits per heavy atom. The lowest BCUT2D eigenvalue weighted by Crippen LogP contribution is -2.63. The molecular formula is C8H11N4+. The van der Waals surface area contributed by atoms with Crippen molar-refractivity contribution in [3.63, 3.8) is 0 Å². The van der Waals surface area contributed by atoms with Gasteiger partial charge in [-0.3, -0.25) is 0 Å². The van der Waals surface area contributed by atoms with E-state index in [1.807, 2.05) is 30.3 Å². The first-order valence-electron chi connectivity index (χ1n) is 3.51. The van der Waals surface area contributed by atoms with Gasteiger partial charge >= 0.3 is 0 Å². The van der Waals surface area contributed by atoms with Gasteiger partial charge in [-0.25, -0.2) is 0 Å². The monoisotopic (exact) mass is 163 g/mol. The molecule has 0 spiro atoms. The van der Waals surface area contributed by atoms with Crippen molar-refractivity contribution >= 4 is 12.2 Å². The topological polar surface area (TPSA) is 78.4 Å². The van der Waals surface area contributed by atoms with Gasteiger partial charge in [0.1, 0.15) is 0 Å². The second-order valence-corrected chi connectivity index (χ2v) is 2.22. The Bertz CT molecular complexity index is 285. The lowest BCUT2D eigenvalue weighted by molar-refractivity contribution is -0.456. The van der Waals surface area contributed by atoms with Crippen molar-refractivity contribution in [2.24, 2.45) is 16.6 Å². The van der Waals surface area contributed by atoms with Crippen LogP contribution in [-0.2, 0) is 0 Å². The van der Waals surface area contributed by atoms with E-state index >= 15 is 0 Å². The number of guanidine groups is 1. The van der Waals surface area contributed by atoms with Crippen LogP contribution in [0.3, 0.4) is 0 Å². The van der Waals surface area contributed by atoms with Crippen LogP contribution in [0.5, 0.6) is 0 Å². The van der Waals surface area contributed by atoms with E-state index in [4.69, 9.17) is 11.5 Å². The molecular weight excluding hydrogens is 152 g/mol. The standard InChI is InChI=1S/C8H10N4/c9-8(10)12-11-6-7-4-2-1-3-5-7/h1-6H,(H4,9,10,12)/p+1/b11-6+. The predicted molar refractivity (Wildman–Crippen MR) is 48.4 cm³/mol. The van der Waals surface area contributed by atoms with Crippen LogP contribution in [0.2, 0.25) is 0 Å². The predicted octanol–water partition coefficient (Wildman–Crippen LogP) is -1.63. The molecule has 0 aliphatic rings. The van der Waals surface area contributed by atoms with Crippen molar-refractivity contribution in [2.45, 2.75) is 0 Å². The second kappa shape index (κ2) is 4.12. The molecule has 1 aromatic rings. The van der Waals surface area contributed by atoms with Crippen LogP contribution in [0.4, 0.5) is 0 Å². The summed E-state index contributed by atoms with van der Waals surface area (Å²) in [5.74, 6) is 0.0159. The van der Waals surface area contributed by atoms with Crippen LogP contribution in [0, 0.1) is 0 Å². The van der Waals surface area contributed by atoms with Gasteiger partial charge in [0, 0.05) is 10.7 Å². The zero-order valence-electron chi connectivity index (χ0n) is 6.57. The average molecular weight is 163 g/mol. The number of rotatable bonds is 2. The van der Waals surface area contributed by atoms with Gasteiger partial charge in [0.15, 0.2) is 0 Å². The van der Waals surface area contributed by atoms with Crippen molar-refractivity contribution in [1.82, 2.24) is 0 Å². The van der Waals surface area contributed by atoms with Gasteiger partial charge in [0.05, 0.1) is 0 Å². The van der Waals surface area contributed by atoms with Gasteiger partial charge in [-0.15, -0.1) is 5.10 Å². The van der Waals surface area contributed by atoms with Crippen LogP contribution < -0.4 is 16.6 Å². The molecule has 12 heavy (non-hydrogen) atoms. The molecule has 0 aromatic heterocycles. The second-order valence-electron chi connectivity index (χ2n) is 2.22. The zero-order valence-corrected chi connectivity index (χ0v) is 6.57. The molecule has 4 heteroatoms.